The molecule has 0 spiro atoms. The molecule has 0 aliphatic carbocycles. The zero-order valence-corrected chi connectivity index (χ0v) is 11.6. The lowest BCUT2D eigenvalue weighted by atomic mass is 10.0. The number of nitrogens with one attached hydrogen (secondary N) is 1. The summed E-state index contributed by atoms with van der Waals surface area (Å²) in [6.07, 6.45) is 2.93. The van der Waals surface area contributed by atoms with E-state index in [1.54, 1.807) is 0 Å². The largest absolute Gasteiger partial charge is 0.371 e. The van der Waals surface area contributed by atoms with Gasteiger partial charge in [-0.05, 0) is 19.8 Å². The molecular weight excluding hydrogens is 226 g/mol. The van der Waals surface area contributed by atoms with E-state index in [2.05, 4.69) is 19.2 Å². The molecule has 0 bridgehead atoms. The van der Waals surface area contributed by atoms with Crippen molar-refractivity contribution in [2.45, 2.75) is 52.7 Å². The molecule has 1 aliphatic heterocycles. The molecule has 18 heavy (non-hydrogen) atoms. The van der Waals surface area contributed by atoms with E-state index >= 15 is 0 Å². The molecule has 1 N–H and O–H groups in total. The van der Waals surface area contributed by atoms with Crippen molar-refractivity contribution < 1.29 is 4.74 Å². The van der Waals surface area contributed by atoms with Gasteiger partial charge in [0.15, 0.2) is 5.82 Å². The average Bonchev–Trinajstić information content (AvgIpc) is 2.43. The molecule has 2 rings (SSSR count). The van der Waals surface area contributed by atoms with E-state index in [-0.39, 0.29) is 6.10 Å². The first kappa shape index (κ1) is 13.4. The normalized spacial score (nSPS) is 16.4. The number of ether oxygens (including phenoxy) is 1. The molecule has 0 saturated heterocycles. The van der Waals surface area contributed by atoms with E-state index in [4.69, 9.17) is 14.7 Å². The topological polar surface area (TPSA) is 47.0 Å². The number of nitrogens with zero attached hydrogens (tertiary/aromatic N) is 2. The second kappa shape index (κ2) is 6.25. The molecule has 100 valence electrons. The van der Waals surface area contributed by atoms with Crippen LogP contribution in [0.4, 0.5) is 0 Å². The monoisotopic (exact) mass is 249 g/mol. The third-order valence-electron chi connectivity index (χ3n) is 3.40. The summed E-state index contributed by atoms with van der Waals surface area (Å²) in [6.45, 7) is 8.93. The predicted octanol–water partition coefficient (Wildman–Crippen LogP) is 2.17. The lowest BCUT2D eigenvalue weighted by molar-refractivity contribution is 0.0530. The first-order chi connectivity index (χ1) is 8.80. The summed E-state index contributed by atoms with van der Waals surface area (Å²) >= 11 is 0. The van der Waals surface area contributed by atoms with Crippen molar-refractivity contribution in [2.24, 2.45) is 0 Å². The van der Waals surface area contributed by atoms with Gasteiger partial charge in [0.2, 0.25) is 0 Å². The number of hydrogen-bond acceptors (Lipinski definition) is 4. The first-order valence-electron chi connectivity index (χ1n) is 7.00. The van der Waals surface area contributed by atoms with Crippen molar-refractivity contribution in [1.82, 2.24) is 15.3 Å². The zero-order valence-electron chi connectivity index (χ0n) is 11.6. The van der Waals surface area contributed by atoms with E-state index in [9.17, 15) is 0 Å². The Bertz CT molecular complexity index is 389. The van der Waals surface area contributed by atoms with Crippen LogP contribution in [0.15, 0.2) is 0 Å². The van der Waals surface area contributed by atoms with E-state index in [1.165, 1.54) is 17.0 Å². The van der Waals surface area contributed by atoms with Crippen LogP contribution in [0.3, 0.4) is 0 Å². The third kappa shape index (κ3) is 2.70. The molecule has 0 amide bonds. The van der Waals surface area contributed by atoms with Crippen molar-refractivity contribution >= 4 is 0 Å². The van der Waals surface area contributed by atoms with Gasteiger partial charge in [-0.25, -0.2) is 9.97 Å². The van der Waals surface area contributed by atoms with E-state index in [1.807, 2.05) is 6.92 Å². The second-order valence-electron chi connectivity index (χ2n) is 4.59. The summed E-state index contributed by atoms with van der Waals surface area (Å²) in [6, 6.07) is 0. The van der Waals surface area contributed by atoms with Crippen LogP contribution in [0.1, 0.15) is 56.1 Å². The standard InChI is InChI=1S/C14H23N3O/c1-4-11-10-9-15-8-7-12(10)17-14(16-11)13(5-2)18-6-3/h13,15H,4-9H2,1-3H3. The van der Waals surface area contributed by atoms with Gasteiger partial charge in [0.1, 0.15) is 6.10 Å². The van der Waals surface area contributed by atoms with Gasteiger partial charge >= 0.3 is 0 Å². The Morgan fingerprint density at radius 1 is 1.28 bits per heavy atom. The van der Waals surface area contributed by atoms with Gasteiger partial charge in [-0.2, -0.15) is 0 Å². The molecule has 0 saturated carbocycles. The molecule has 1 aliphatic rings. The number of rotatable bonds is 5. The van der Waals surface area contributed by atoms with Crippen LogP contribution in [0.25, 0.3) is 0 Å². The SMILES string of the molecule is CCOC(CC)c1nc(CC)c2c(n1)CCNC2. The molecule has 1 aromatic heterocycles. The summed E-state index contributed by atoms with van der Waals surface area (Å²) in [4.78, 5) is 9.45. The van der Waals surface area contributed by atoms with Crippen LogP contribution in [0.2, 0.25) is 0 Å². The highest BCUT2D eigenvalue weighted by atomic mass is 16.5. The van der Waals surface area contributed by atoms with Crippen molar-refractivity contribution in [3.63, 3.8) is 0 Å². The fourth-order valence-corrected chi connectivity index (χ4v) is 2.45. The third-order valence-corrected chi connectivity index (χ3v) is 3.40. The van der Waals surface area contributed by atoms with Crippen LogP contribution in [0.5, 0.6) is 0 Å². The maximum atomic E-state index is 5.73. The van der Waals surface area contributed by atoms with Gasteiger partial charge in [0.05, 0.1) is 5.69 Å². The van der Waals surface area contributed by atoms with Gasteiger partial charge in [0, 0.05) is 37.4 Å². The molecule has 1 atom stereocenters. The van der Waals surface area contributed by atoms with Crippen LogP contribution < -0.4 is 5.32 Å². The molecule has 1 aromatic rings. The van der Waals surface area contributed by atoms with Crippen LogP contribution in [0, 0.1) is 0 Å². The summed E-state index contributed by atoms with van der Waals surface area (Å²) in [5, 5.41) is 3.39. The van der Waals surface area contributed by atoms with Crippen LogP contribution in [-0.2, 0) is 24.1 Å². The number of hydrogen-bond donors (Lipinski definition) is 1. The minimum absolute atomic E-state index is 0.0421. The Balaban J connectivity index is 2.36. The summed E-state index contributed by atoms with van der Waals surface area (Å²) in [5.74, 6) is 0.872. The Kier molecular flexibility index (Phi) is 4.66. The summed E-state index contributed by atoms with van der Waals surface area (Å²) in [7, 11) is 0. The minimum Gasteiger partial charge on any atom is -0.371 e. The number of aromatic nitrogens is 2. The van der Waals surface area contributed by atoms with Crippen molar-refractivity contribution in [1.29, 1.82) is 0 Å². The Morgan fingerprint density at radius 3 is 2.78 bits per heavy atom. The highest BCUT2D eigenvalue weighted by Gasteiger charge is 2.20. The second-order valence-corrected chi connectivity index (χ2v) is 4.59. The maximum Gasteiger partial charge on any atom is 0.157 e. The van der Waals surface area contributed by atoms with Gasteiger partial charge in [-0.1, -0.05) is 13.8 Å². The van der Waals surface area contributed by atoms with E-state index < -0.39 is 0 Å². The number of aryl methyl sites for hydroxylation is 1. The fraction of sp³-hybridized carbons (Fsp3) is 0.714. The van der Waals surface area contributed by atoms with Gasteiger partial charge < -0.3 is 10.1 Å². The smallest absolute Gasteiger partial charge is 0.157 e. The van der Waals surface area contributed by atoms with Gasteiger partial charge in [-0.15, -0.1) is 0 Å². The van der Waals surface area contributed by atoms with Gasteiger partial charge in [0.25, 0.3) is 0 Å². The van der Waals surface area contributed by atoms with Crippen LogP contribution >= 0.6 is 0 Å². The van der Waals surface area contributed by atoms with Crippen LogP contribution in [-0.4, -0.2) is 23.1 Å². The van der Waals surface area contributed by atoms with E-state index in [0.29, 0.717) is 6.61 Å². The molecular formula is C14H23N3O. The molecule has 0 radical (unpaired) electrons. The zero-order chi connectivity index (χ0) is 13.0. The molecule has 0 aromatic carbocycles. The maximum absolute atomic E-state index is 5.73. The molecule has 4 nitrogen and oxygen atoms in total. The van der Waals surface area contributed by atoms with Crippen molar-refractivity contribution in [2.75, 3.05) is 13.2 Å². The van der Waals surface area contributed by atoms with Gasteiger partial charge in [-0.3, -0.25) is 0 Å². The highest BCUT2D eigenvalue weighted by Crippen LogP contribution is 2.22. The molecule has 1 unspecified atom stereocenters. The average molecular weight is 249 g/mol. The molecule has 0 fully saturated rings. The lowest BCUT2D eigenvalue weighted by Gasteiger charge is -2.22. The Labute approximate surface area is 109 Å². The van der Waals surface area contributed by atoms with E-state index in [0.717, 1.165) is 38.2 Å². The highest BCUT2D eigenvalue weighted by molar-refractivity contribution is 5.28. The first-order valence-corrected chi connectivity index (χ1v) is 7.00. The number of fused-ring (bicyclic) bond motifs is 1. The van der Waals surface area contributed by atoms with Crippen molar-refractivity contribution in [3.05, 3.63) is 22.8 Å². The molecule has 2 heterocycles. The Hall–Kier alpha value is -1.00. The van der Waals surface area contributed by atoms with Crippen molar-refractivity contribution in [3.8, 4) is 0 Å². The predicted molar refractivity (Wildman–Crippen MR) is 71.5 cm³/mol. The lowest BCUT2D eigenvalue weighted by Crippen LogP contribution is -2.27. The summed E-state index contributed by atoms with van der Waals surface area (Å²) < 4.78 is 5.73. The fourth-order valence-electron chi connectivity index (χ4n) is 2.45. The molecule has 4 heteroatoms. The Morgan fingerprint density at radius 2 is 2.11 bits per heavy atom. The minimum atomic E-state index is 0.0421. The quantitative estimate of drug-likeness (QED) is 0.869. The summed E-state index contributed by atoms with van der Waals surface area (Å²) in [5.41, 5.74) is 3.70.